The number of amides is 2. The molecule has 29 heavy (non-hydrogen) atoms. The summed E-state index contributed by atoms with van der Waals surface area (Å²) in [5.74, 6) is -0.654. The molecular weight excluding hydrogens is 393 g/mol. The molecular formula is C22H21ClFN3O2. The molecule has 2 aliphatic rings. The van der Waals surface area contributed by atoms with Gasteiger partial charge in [-0.25, -0.2) is 9.40 Å². The van der Waals surface area contributed by atoms with E-state index >= 15 is 0 Å². The van der Waals surface area contributed by atoms with Crippen molar-refractivity contribution in [2.45, 2.75) is 25.3 Å². The number of likely N-dealkylation sites (N-methyl/N-ethyl adjacent to an activating group) is 1. The third-order valence-electron chi connectivity index (χ3n) is 5.28. The van der Waals surface area contributed by atoms with E-state index in [-0.39, 0.29) is 36.1 Å². The molecule has 2 aromatic carbocycles. The average Bonchev–Trinajstić information content (AvgIpc) is 3.47. The molecule has 150 valence electrons. The molecule has 0 bridgehead atoms. The molecule has 0 unspecified atom stereocenters. The third-order valence-corrected chi connectivity index (χ3v) is 5.53. The molecule has 0 N–H and O–H groups in total. The molecule has 4 rings (SSSR count). The molecule has 0 radical (unpaired) electrons. The number of nitrogens with zero attached hydrogens (tertiary/aromatic N) is 3. The van der Waals surface area contributed by atoms with Crippen LogP contribution in [0.5, 0.6) is 0 Å². The number of hydrazone groups is 1. The van der Waals surface area contributed by atoms with Gasteiger partial charge in [0.15, 0.2) is 0 Å². The lowest BCUT2D eigenvalue weighted by Crippen LogP contribution is -2.39. The average molecular weight is 414 g/mol. The van der Waals surface area contributed by atoms with Crippen molar-refractivity contribution in [1.29, 1.82) is 0 Å². The van der Waals surface area contributed by atoms with E-state index < -0.39 is 0 Å². The summed E-state index contributed by atoms with van der Waals surface area (Å²) < 4.78 is 14.3. The maximum absolute atomic E-state index is 14.3. The van der Waals surface area contributed by atoms with Gasteiger partial charge in [0.1, 0.15) is 12.4 Å². The fourth-order valence-electron chi connectivity index (χ4n) is 3.54. The van der Waals surface area contributed by atoms with Gasteiger partial charge in [0, 0.05) is 30.0 Å². The highest BCUT2D eigenvalue weighted by molar-refractivity contribution is 6.30. The van der Waals surface area contributed by atoms with Gasteiger partial charge in [-0.1, -0.05) is 41.9 Å². The van der Waals surface area contributed by atoms with Crippen LogP contribution in [0.4, 0.5) is 4.39 Å². The second-order valence-corrected chi connectivity index (χ2v) is 7.94. The number of halogens is 2. The molecule has 0 spiro atoms. The standard InChI is InChI=1S/C22H21ClFN3O2/c1-26(22(29)15-6-7-15)13-21(28)27-20(14-8-10-16(23)11-9-14)12-19(25-27)17-4-2-3-5-18(17)24/h2-5,8-11,15,20H,6-7,12-13H2,1H3/t20-/m1/s1. The van der Waals surface area contributed by atoms with Crippen LogP contribution in [-0.2, 0) is 9.59 Å². The summed E-state index contributed by atoms with van der Waals surface area (Å²) in [5.41, 5.74) is 1.74. The van der Waals surface area contributed by atoms with Crippen LogP contribution in [0.3, 0.4) is 0 Å². The molecule has 5 nitrogen and oxygen atoms in total. The van der Waals surface area contributed by atoms with E-state index in [2.05, 4.69) is 5.10 Å². The Morgan fingerprint density at radius 1 is 1.17 bits per heavy atom. The summed E-state index contributed by atoms with van der Waals surface area (Å²) in [4.78, 5) is 26.7. The van der Waals surface area contributed by atoms with Crippen molar-refractivity contribution in [3.05, 3.63) is 70.5 Å². The first kappa shape index (κ1) is 19.6. The zero-order valence-corrected chi connectivity index (χ0v) is 16.8. The zero-order chi connectivity index (χ0) is 20.5. The van der Waals surface area contributed by atoms with Gasteiger partial charge in [-0.15, -0.1) is 0 Å². The van der Waals surface area contributed by atoms with E-state index in [0.717, 1.165) is 18.4 Å². The Kier molecular flexibility index (Phi) is 5.37. The lowest BCUT2D eigenvalue weighted by Gasteiger charge is -2.25. The van der Waals surface area contributed by atoms with Crippen LogP contribution in [0, 0.1) is 11.7 Å². The fourth-order valence-corrected chi connectivity index (χ4v) is 3.66. The molecule has 0 aromatic heterocycles. The summed E-state index contributed by atoms with van der Waals surface area (Å²) in [6.07, 6.45) is 2.14. The summed E-state index contributed by atoms with van der Waals surface area (Å²) in [7, 11) is 1.63. The van der Waals surface area contributed by atoms with E-state index in [1.54, 1.807) is 37.4 Å². The monoisotopic (exact) mass is 413 g/mol. The Morgan fingerprint density at radius 3 is 2.52 bits per heavy atom. The van der Waals surface area contributed by atoms with Crippen LogP contribution in [0.2, 0.25) is 5.02 Å². The van der Waals surface area contributed by atoms with Crippen molar-refractivity contribution in [3.8, 4) is 0 Å². The van der Waals surface area contributed by atoms with Gasteiger partial charge in [0.2, 0.25) is 5.91 Å². The summed E-state index contributed by atoms with van der Waals surface area (Å²) in [5, 5.41) is 6.43. The fraction of sp³-hybridized carbons (Fsp3) is 0.318. The number of carbonyl (C=O) groups is 2. The molecule has 2 aromatic rings. The maximum Gasteiger partial charge on any atom is 0.262 e. The Hall–Kier alpha value is -2.73. The van der Waals surface area contributed by atoms with Crippen LogP contribution in [0.25, 0.3) is 0 Å². The highest BCUT2D eigenvalue weighted by atomic mass is 35.5. The SMILES string of the molecule is CN(CC(=O)N1N=C(c2ccccc2F)C[C@@H]1c1ccc(Cl)cc1)C(=O)C1CC1. The van der Waals surface area contributed by atoms with Crippen molar-refractivity contribution in [2.75, 3.05) is 13.6 Å². The smallest absolute Gasteiger partial charge is 0.262 e. The van der Waals surface area contributed by atoms with Gasteiger partial charge in [0.25, 0.3) is 5.91 Å². The van der Waals surface area contributed by atoms with Gasteiger partial charge in [-0.2, -0.15) is 5.10 Å². The molecule has 1 aliphatic heterocycles. The highest BCUT2D eigenvalue weighted by Gasteiger charge is 2.37. The lowest BCUT2D eigenvalue weighted by molar-refractivity contribution is -0.141. The second-order valence-electron chi connectivity index (χ2n) is 7.50. The van der Waals surface area contributed by atoms with Crippen molar-refractivity contribution in [3.63, 3.8) is 0 Å². The quantitative estimate of drug-likeness (QED) is 0.743. The van der Waals surface area contributed by atoms with E-state index in [4.69, 9.17) is 11.6 Å². The minimum Gasteiger partial charge on any atom is -0.336 e. The Labute approximate surface area is 173 Å². The van der Waals surface area contributed by atoms with Crippen molar-refractivity contribution < 1.29 is 14.0 Å². The summed E-state index contributed by atoms with van der Waals surface area (Å²) >= 11 is 6.00. The number of hydrogen-bond acceptors (Lipinski definition) is 3. The van der Waals surface area contributed by atoms with Crippen molar-refractivity contribution in [2.24, 2.45) is 11.0 Å². The molecule has 7 heteroatoms. The predicted octanol–water partition coefficient (Wildman–Crippen LogP) is 4.03. The van der Waals surface area contributed by atoms with Crippen LogP contribution in [0.1, 0.15) is 36.4 Å². The minimum absolute atomic E-state index is 0.0149. The summed E-state index contributed by atoms with van der Waals surface area (Å²) in [6, 6.07) is 13.2. The van der Waals surface area contributed by atoms with Crippen molar-refractivity contribution in [1.82, 2.24) is 9.91 Å². The Balaban J connectivity index is 1.61. The van der Waals surface area contributed by atoms with Crippen molar-refractivity contribution >= 4 is 29.1 Å². The minimum atomic E-state index is -0.378. The first-order chi connectivity index (χ1) is 13.9. The largest absolute Gasteiger partial charge is 0.336 e. The molecule has 1 aliphatic carbocycles. The summed E-state index contributed by atoms with van der Waals surface area (Å²) in [6.45, 7) is -0.0620. The molecule has 1 atom stereocenters. The van der Waals surface area contributed by atoms with E-state index in [1.807, 2.05) is 12.1 Å². The molecule has 1 fully saturated rings. The van der Waals surface area contributed by atoms with Gasteiger partial charge in [-0.05, 0) is 36.6 Å². The van der Waals surface area contributed by atoms with Gasteiger partial charge in [0.05, 0.1) is 11.8 Å². The Bertz CT molecular complexity index is 972. The highest BCUT2D eigenvalue weighted by Crippen LogP contribution is 2.34. The number of benzene rings is 2. The first-order valence-electron chi connectivity index (χ1n) is 9.59. The normalized spacial score (nSPS) is 18.5. The van der Waals surface area contributed by atoms with E-state index in [9.17, 15) is 14.0 Å². The topological polar surface area (TPSA) is 53.0 Å². The van der Waals surface area contributed by atoms with Crippen LogP contribution in [0.15, 0.2) is 53.6 Å². The third kappa shape index (κ3) is 4.17. The van der Waals surface area contributed by atoms with Gasteiger partial charge in [-0.3, -0.25) is 9.59 Å². The van der Waals surface area contributed by atoms with Crippen LogP contribution >= 0.6 is 11.6 Å². The Morgan fingerprint density at radius 2 is 1.86 bits per heavy atom. The predicted molar refractivity (Wildman–Crippen MR) is 109 cm³/mol. The molecule has 1 heterocycles. The number of hydrogen-bond donors (Lipinski definition) is 0. The van der Waals surface area contributed by atoms with Gasteiger partial charge >= 0.3 is 0 Å². The zero-order valence-electron chi connectivity index (χ0n) is 16.0. The second kappa shape index (κ2) is 7.95. The molecule has 1 saturated carbocycles. The molecule has 0 saturated heterocycles. The number of carbonyl (C=O) groups excluding carboxylic acids is 2. The van der Waals surface area contributed by atoms with Gasteiger partial charge < -0.3 is 4.90 Å². The van der Waals surface area contributed by atoms with Crippen LogP contribution in [-0.4, -0.2) is 41.0 Å². The molecule has 2 amide bonds. The maximum atomic E-state index is 14.3. The van der Waals surface area contributed by atoms with E-state index in [0.29, 0.717) is 22.7 Å². The van der Waals surface area contributed by atoms with E-state index in [1.165, 1.54) is 16.0 Å². The number of rotatable bonds is 5. The lowest BCUT2D eigenvalue weighted by atomic mass is 9.98. The first-order valence-corrected chi connectivity index (χ1v) is 9.96. The van der Waals surface area contributed by atoms with Crippen LogP contribution < -0.4 is 0 Å².